The number of aromatic nitrogens is 1. The molecule has 0 bridgehead atoms. The van der Waals surface area contributed by atoms with Crippen LogP contribution in [-0.2, 0) is 4.79 Å². The highest BCUT2D eigenvalue weighted by molar-refractivity contribution is 9.11. The first kappa shape index (κ1) is 13.8. The Hall–Kier alpha value is -0.620. The fourth-order valence-electron chi connectivity index (χ4n) is 2.27. The van der Waals surface area contributed by atoms with Gasteiger partial charge >= 0.3 is 0 Å². The van der Waals surface area contributed by atoms with E-state index in [1.807, 2.05) is 6.07 Å². The Labute approximate surface area is 123 Å². The third-order valence-electron chi connectivity index (χ3n) is 3.19. The summed E-state index contributed by atoms with van der Waals surface area (Å²) in [4.78, 5) is 17.6. The molecule has 6 heteroatoms. The average Bonchev–Trinajstić information content (AvgIpc) is 2.30. The first-order valence-corrected chi connectivity index (χ1v) is 7.49. The van der Waals surface area contributed by atoms with Gasteiger partial charge in [-0.25, -0.2) is 4.98 Å². The Kier molecular flexibility index (Phi) is 4.61. The van der Waals surface area contributed by atoms with E-state index in [0.29, 0.717) is 12.3 Å². The number of piperidine rings is 1. The SMILES string of the molecule is NC(=O)CC1CCN(c2ncc(Br)cc2Br)CC1. The fourth-order valence-corrected chi connectivity index (χ4v) is 3.51. The van der Waals surface area contributed by atoms with Crippen LogP contribution < -0.4 is 10.6 Å². The first-order valence-electron chi connectivity index (χ1n) is 5.90. The van der Waals surface area contributed by atoms with Crippen molar-refractivity contribution in [3.05, 3.63) is 21.2 Å². The average molecular weight is 377 g/mol. The lowest BCUT2D eigenvalue weighted by Crippen LogP contribution is -2.35. The molecule has 0 atom stereocenters. The van der Waals surface area contributed by atoms with Crippen molar-refractivity contribution in [2.75, 3.05) is 18.0 Å². The number of hydrogen-bond donors (Lipinski definition) is 1. The molecule has 2 N–H and O–H groups in total. The molecular formula is C12H15Br2N3O. The van der Waals surface area contributed by atoms with Crippen molar-refractivity contribution in [3.63, 3.8) is 0 Å². The van der Waals surface area contributed by atoms with Crippen molar-refractivity contribution in [2.45, 2.75) is 19.3 Å². The summed E-state index contributed by atoms with van der Waals surface area (Å²) in [6.45, 7) is 1.84. The number of nitrogens with zero attached hydrogens (tertiary/aromatic N) is 2. The Balaban J connectivity index is 1.99. The number of hydrogen-bond acceptors (Lipinski definition) is 3. The van der Waals surface area contributed by atoms with Gasteiger partial charge in [0.2, 0.25) is 5.91 Å². The maximum Gasteiger partial charge on any atom is 0.217 e. The normalized spacial score (nSPS) is 16.9. The van der Waals surface area contributed by atoms with Gasteiger partial charge < -0.3 is 10.6 Å². The van der Waals surface area contributed by atoms with Gasteiger partial charge in [-0.2, -0.15) is 0 Å². The van der Waals surface area contributed by atoms with Crippen molar-refractivity contribution in [2.24, 2.45) is 11.7 Å². The number of rotatable bonds is 3. The molecule has 4 nitrogen and oxygen atoms in total. The Morgan fingerprint density at radius 1 is 1.44 bits per heavy atom. The molecule has 2 heterocycles. The second-order valence-corrected chi connectivity index (χ2v) is 6.33. The van der Waals surface area contributed by atoms with E-state index in [0.717, 1.165) is 40.7 Å². The van der Waals surface area contributed by atoms with Crippen LogP contribution >= 0.6 is 31.9 Å². The van der Waals surface area contributed by atoms with Crippen LogP contribution in [0.3, 0.4) is 0 Å². The van der Waals surface area contributed by atoms with Gasteiger partial charge in [0.15, 0.2) is 0 Å². The molecule has 1 aromatic heterocycles. The number of primary amides is 1. The van der Waals surface area contributed by atoms with E-state index >= 15 is 0 Å². The number of nitrogens with two attached hydrogens (primary N) is 1. The fraction of sp³-hybridized carbons (Fsp3) is 0.500. The molecule has 1 saturated heterocycles. The van der Waals surface area contributed by atoms with E-state index < -0.39 is 0 Å². The van der Waals surface area contributed by atoms with Crippen LogP contribution in [0.4, 0.5) is 5.82 Å². The van der Waals surface area contributed by atoms with Gasteiger partial charge in [0.05, 0.1) is 4.47 Å². The standard InChI is InChI=1S/C12H15Br2N3O/c13-9-6-10(14)12(16-7-9)17-3-1-8(2-4-17)5-11(15)18/h6-8H,1-5H2,(H2,15,18). The van der Waals surface area contributed by atoms with E-state index in [1.165, 1.54) is 0 Å². The van der Waals surface area contributed by atoms with Gasteiger partial charge in [-0.1, -0.05) is 0 Å². The molecule has 0 saturated carbocycles. The van der Waals surface area contributed by atoms with Crippen molar-refractivity contribution in [3.8, 4) is 0 Å². The quantitative estimate of drug-likeness (QED) is 0.882. The summed E-state index contributed by atoms with van der Waals surface area (Å²) < 4.78 is 1.95. The number of anilines is 1. The molecule has 1 aliphatic heterocycles. The van der Waals surface area contributed by atoms with E-state index in [2.05, 4.69) is 41.7 Å². The highest BCUT2D eigenvalue weighted by Crippen LogP contribution is 2.30. The third kappa shape index (κ3) is 3.45. The van der Waals surface area contributed by atoms with E-state index in [-0.39, 0.29) is 5.91 Å². The van der Waals surface area contributed by atoms with E-state index in [4.69, 9.17) is 5.73 Å². The Morgan fingerprint density at radius 3 is 2.67 bits per heavy atom. The summed E-state index contributed by atoms with van der Waals surface area (Å²) in [6, 6.07) is 2.00. The maximum atomic E-state index is 10.9. The van der Waals surface area contributed by atoms with Gasteiger partial charge in [0.25, 0.3) is 0 Å². The summed E-state index contributed by atoms with van der Waals surface area (Å²) >= 11 is 6.92. The number of carbonyl (C=O) groups excluding carboxylic acids is 1. The lowest BCUT2D eigenvalue weighted by Gasteiger charge is -2.32. The lowest BCUT2D eigenvalue weighted by atomic mass is 9.93. The number of pyridine rings is 1. The number of amides is 1. The Morgan fingerprint density at radius 2 is 2.11 bits per heavy atom. The molecule has 1 amide bonds. The summed E-state index contributed by atoms with van der Waals surface area (Å²) in [7, 11) is 0. The molecule has 1 fully saturated rings. The second-order valence-electron chi connectivity index (χ2n) is 4.56. The van der Waals surface area contributed by atoms with Crippen LogP contribution in [0, 0.1) is 5.92 Å². The molecule has 0 aromatic carbocycles. The highest BCUT2D eigenvalue weighted by Gasteiger charge is 2.22. The zero-order valence-electron chi connectivity index (χ0n) is 9.90. The minimum Gasteiger partial charge on any atom is -0.370 e. The zero-order chi connectivity index (χ0) is 13.1. The summed E-state index contributed by atoms with van der Waals surface area (Å²) in [5, 5.41) is 0. The van der Waals surface area contributed by atoms with Crippen LogP contribution in [-0.4, -0.2) is 24.0 Å². The van der Waals surface area contributed by atoms with Crippen LogP contribution in [0.2, 0.25) is 0 Å². The highest BCUT2D eigenvalue weighted by atomic mass is 79.9. The predicted molar refractivity (Wildman–Crippen MR) is 78.4 cm³/mol. The van der Waals surface area contributed by atoms with Gasteiger partial charge in [-0.3, -0.25) is 4.79 Å². The molecule has 0 aliphatic carbocycles. The summed E-state index contributed by atoms with van der Waals surface area (Å²) in [5.41, 5.74) is 5.23. The van der Waals surface area contributed by atoms with Crippen molar-refractivity contribution in [1.29, 1.82) is 0 Å². The van der Waals surface area contributed by atoms with Crippen LogP contribution in [0.25, 0.3) is 0 Å². The molecule has 1 aliphatic rings. The number of halogens is 2. The summed E-state index contributed by atoms with van der Waals surface area (Å²) in [6.07, 6.45) is 4.29. The second kappa shape index (κ2) is 6.02. The Bertz CT molecular complexity index is 445. The minimum atomic E-state index is -0.198. The molecule has 0 radical (unpaired) electrons. The maximum absolute atomic E-state index is 10.9. The third-order valence-corrected chi connectivity index (χ3v) is 4.21. The smallest absolute Gasteiger partial charge is 0.217 e. The van der Waals surface area contributed by atoms with Crippen molar-refractivity contribution in [1.82, 2.24) is 4.98 Å². The predicted octanol–water partition coefficient (Wildman–Crippen LogP) is 2.70. The molecule has 0 spiro atoms. The summed E-state index contributed by atoms with van der Waals surface area (Å²) in [5.74, 6) is 1.19. The van der Waals surface area contributed by atoms with Crippen LogP contribution in [0.5, 0.6) is 0 Å². The monoisotopic (exact) mass is 375 g/mol. The topological polar surface area (TPSA) is 59.2 Å². The zero-order valence-corrected chi connectivity index (χ0v) is 13.1. The van der Waals surface area contributed by atoms with E-state index in [1.54, 1.807) is 6.20 Å². The van der Waals surface area contributed by atoms with Crippen molar-refractivity contribution < 1.29 is 4.79 Å². The van der Waals surface area contributed by atoms with Crippen molar-refractivity contribution >= 4 is 43.6 Å². The van der Waals surface area contributed by atoms with Crippen LogP contribution in [0.15, 0.2) is 21.2 Å². The lowest BCUT2D eigenvalue weighted by molar-refractivity contribution is -0.119. The molecule has 2 rings (SSSR count). The van der Waals surface area contributed by atoms with Gasteiger partial charge in [-0.05, 0) is 56.7 Å². The molecular weight excluding hydrogens is 362 g/mol. The van der Waals surface area contributed by atoms with E-state index in [9.17, 15) is 4.79 Å². The molecule has 98 valence electrons. The minimum absolute atomic E-state index is 0.198. The molecule has 1 aromatic rings. The first-order chi connectivity index (χ1) is 8.56. The number of carbonyl (C=O) groups is 1. The van der Waals surface area contributed by atoms with Gasteiger partial charge in [-0.15, -0.1) is 0 Å². The van der Waals surface area contributed by atoms with Gasteiger partial charge in [0, 0.05) is 30.2 Å². The molecule has 18 heavy (non-hydrogen) atoms. The van der Waals surface area contributed by atoms with Crippen LogP contribution in [0.1, 0.15) is 19.3 Å². The molecule has 0 unspecified atom stereocenters. The van der Waals surface area contributed by atoms with Gasteiger partial charge in [0.1, 0.15) is 5.82 Å². The largest absolute Gasteiger partial charge is 0.370 e.